The first-order chi connectivity index (χ1) is 27.1. The number of anilines is 1. The number of carbonyl (C=O) groups excluding carboxylic acids is 5. The molecule has 1 unspecified atom stereocenters. The summed E-state index contributed by atoms with van der Waals surface area (Å²) in [6, 6.07) is 16.4. The van der Waals surface area contributed by atoms with Gasteiger partial charge < -0.3 is 15.0 Å². The van der Waals surface area contributed by atoms with Crippen molar-refractivity contribution in [3.8, 4) is 11.8 Å². The van der Waals surface area contributed by atoms with Crippen molar-refractivity contribution >= 4 is 35.2 Å². The van der Waals surface area contributed by atoms with E-state index in [1.807, 2.05) is 44.2 Å². The van der Waals surface area contributed by atoms with Crippen molar-refractivity contribution < 1.29 is 28.7 Å². The lowest BCUT2D eigenvalue weighted by atomic mass is 9.49. The highest BCUT2D eigenvalue weighted by atomic mass is 16.5. The highest BCUT2D eigenvalue weighted by Gasteiger charge is 2.64. The molecule has 12 heteroatoms. The van der Waals surface area contributed by atoms with E-state index in [9.17, 15) is 29.2 Å². The Morgan fingerprint density at radius 1 is 0.877 bits per heavy atom. The lowest BCUT2D eigenvalue weighted by Gasteiger charge is -2.63. The number of piperidine rings is 2. The quantitative estimate of drug-likeness (QED) is 0.286. The van der Waals surface area contributed by atoms with Gasteiger partial charge in [0, 0.05) is 67.3 Å². The Labute approximate surface area is 333 Å². The van der Waals surface area contributed by atoms with Crippen molar-refractivity contribution in [3.05, 3.63) is 93.0 Å². The van der Waals surface area contributed by atoms with Gasteiger partial charge in [0.1, 0.15) is 17.9 Å². The van der Waals surface area contributed by atoms with Gasteiger partial charge in [0.05, 0.1) is 22.8 Å². The molecule has 5 amide bonds. The Morgan fingerprint density at radius 3 is 2.11 bits per heavy atom. The summed E-state index contributed by atoms with van der Waals surface area (Å²) in [5.41, 5.74) is 6.31. The predicted octanol–water partition coefficient (Wildman–Crippen LogP) is 5.42. The number of nitriles is 1. The van der Waals surface area contributed by atoms with Gasteiger partial charge in [-0.15, -0.1) is 0 Å². The highest BCUT2D eigenvalue weighted by Crippen LogP contribution is 2.55. The molecule has 0 radical (unpaired) electrons. The maximum Gasteiger partial charge on any atom is 0.262 e. The van der Waals surface area contributed by atoms with Gasteiger partial charge in [0.2, 0.25) is 11.8 Å². The zero-order chi connectivity index (χ0) is 40.6. The highest BCUT2D eigenvalue weighted by molar-refractivity contribution is 6.23. The molecule has 8 rings (SSSR count). The monoisotopic (exact) mass is 770 g/mol. The fourth-order valence-corrected chi connectivity index (χ4v) is 10.4. The van der Waals surface area contributed by atoms with E-state index in [0.717, 1.165) is 71.1 Å². The van der Waals surface area contributed by atoms with E-state index < -0.39 is 23.8 Å². The fourth-order valence-electron chi connectivity index (χ4n) is 10.4. The molecule has 5 aliphatic rings. The van der Waals surface area contributed by atoms with E-state index in [1.165, 1.54) is 0 Å². The number of carbonyl (C=O) groups is 5. The van der Waals surface area contributed by atoms with Crippen molar-refractivity contribution in [1.29, 1.82) is 5.26 Å². The van der Waals surface area contributed by atoms with E-state index >= 15 is 0 Å². The Hall–Kier alpha value is -5.54. The molecule has 2 N–H and O–H groups in total. The van der Waals surface area contributed by atoms with Gasteiger partial charge in [-0.3, -0.25) is 39.1 Å². The summed E-state index contributed by atoms with van der Waals surface area (Å²) in [6.07, 6.45) is 2.16. The fraction of sp³-hybridized carbons (Fsp3) is 0.467. The number of aryl methyl sites for hydroxylation is 2. The van der Waals surface area contributed by atoms with E-state index in [2.05, 4.69) is 66.3 Å². The third-order valence-corrected chi connectivity index (χ3v) is 13.2. The van der Waals surface area contributed by atoms with Gasteiger partial charge in [0.15, 0.2) is 0 Å². The van der Waals surface area contributed by atoms with Gasteiger partial charge >= 0.3 is 0 Å². The maximum atomic E-state index is 13.7. The van der Waals surface area contributed by atoms with Crippen LogP contribution in [0.15, 0.2) is 48.5 Å². The summed E-state index contributed by atoms with van der Waals surface area (Å²) >= 11 is 0. The third kappa shape index (κ3) is 6.65. The first-order valence-electron chi connectivity index (χ1n) is 20.0. The van der Waals surface area contributed by atoms with E-state index in [1.54, 1.807) is 6.07 Å². The Morgan fingerprint density at radius 2 is 1.53 bits per heavy atom. The number of fused-ring (bicyclic) bond motifs is 2. The normalized spacial score (nSPS) is 24.1. The molecule has 4 aliphatic heterocycles. The van der Waals surface area contributed by atoms with Crippen LogP contribution in [-0.4, -0.2) is 77.2 Å². The lowest BCUT2D eigenvalue weighted by molar-refractivity contribution is -0.164. The van der Waals surface area contributed by atoms with Gasteiger partial charge in [-0.25, -0.2) is 0 Å². The topological polar surface area (TPSA) is 152 Å². The number of nitrogens with one attached hydrogen (secondary N) is 2. The summed E-state index contributed by atoms with van der Waals surface area (Å²) in [5, 5.41) is 14.9. The number of hydrogen-bond acceptors (Lipinski definition) is 9. The molecule has 3 aromatic carbocycles. The maximum absolute atomic E-state index is 13.7. The second-order valence-corrected chi connectivity index (χ2v) is 17.8. The van der Waals surface area contributed by atoms with Crippen LogP contribution < -0.4 is 20.3 Å². The Bertz CT molecular complexity index is 2200. The average Bonchev–Trinajstić information content (AvgIpc) is 3.67. The van der Waals surface area contributed by atoms with Crippen molar-refractivity contribution in [2.75, 3.05) is 24.5 Å². The minimum absolute atomic E-state index is 0.0891. The SMILES string of the molecule is Cc1cc(O[C@H]2C(C)(C)[C@H](NC(=O)c3ccc(N4CCC(CN5Cc6cc7c(cc6C5)C(=O)N(C5CCC(=O)NC5=O)C7=O)CC4)cc3C)C2(C)C)ccc1C#N. The van der Waals surface area contributed by atoms with Gasteiger partial charge in [-0.2, -0.15) is 5.26 Å². The van der Waals surface area contributed by atoms with Crippen molar-refractivity contribution in [1.82, 2.24) is 20.4 Å². The summed E-state index contributed by atoms with van der Waals surface area (Å²) in [4.78, 5) is 70.3. The molecule has 1 atom stereocenters. The summed E-state index contributed by atoms with van der Waals surface area (Å²) in [7, 11) is 0. The minimum atomic E-state index is -0.965. The average molecular weight is 771 g/mol. The van der Waals surface area contributed by atoms with E-state index in [-0.39, 0.29) is 47.6 Å². The molecule has 1 aliphatic carbocycles. The van der Waals surface area contributed by atoms with Crippen molar-refractivity contribution in [3.63, 3.8) is 0 Å². The lowest BCUT2D eigenvalue weighted by Crippen LogP contribution is -2.74. The van der Waals surface area contributed by atoms with Crippen LogP contribution in [-0.2, 0) is 22.7 Å². The first-order valence-corrected chi connectivity index (χ1v) is 20.0. The smallest absolute Gasteiger partial charge is 0.262 e. The molecule has 3 aromatic rings. The molecule has 0 aromatic heterocycles. The first kappa shape index (κ1) is 38.3. The van der Waals surface area contributed by atoms with E-state index in [4.69, 9.17) is 4.74 Å². The number of imide groups is 2. The Balaban J connectivity index is 0.838. The minimum Gasteiger partial charge on any atom is -0.489 e. The van der Waals surface area contributed by atoms with Crippen LogP contribution >= 0.6 is 0 Å². The molecule has 0 spiro atoms. The molecule has 2 saturated heterocycles. The standard InChI is InChI=1S/C45H50N6O6/c1-25-18-32(9-7-28(25)21-46)57-43-44(3,4)42(45(43,5)6)48-38(53)33-10-8-31(17-26(33)2)50-15-13-27(14-16-50)22-49-23-29-19-34-35(20-30(29)24-49)41(56)51(40(34)55)36-11-12-37(52)47-39(36)54/h7-10,17-20,27,36,42-43H,11-16,22-24H2,1-6H3,(H,48,53)(H,47,52,54)/t36?,42-,43-. The molecule has 0 bridgehead atoms. The van der Waals surface area contributed by atoms with Crippen LogP contribution in [0, 0.1) is 41.9 Å². The van der Waals surface area contributed by atoms with Crippen LogP contribution in [0.2, 0.25) is 0 Å². The van der Waals surface area contributed by atoms with Gasteiger partial charge in [-0.05, 0) is 110 Å². The van der Waals surface area contributed by atoms with Crippen LogP contribution in [0.1, 0.15) is 112 Å². The summed E-state index contributed by atoms with van der Waals surface area (Å²) in [5.74, 6) is -0.788. The van der Waals surface area contributed by atoms with Crippen LogP contribution in [0.4, 0.5) is 5.69 Å². The molecule has 4 heterocycles. The molecule has 57 heavy (non-hydrogen) atoms. The van der Waals surface area contributed by atoms with Gasteiger partial charge in [0.25, 0.3) is 17.7 Å². The summed E-state index contributed by atoms with van der Waals surface area (Å²) in [6.45, 7) is 16.6. The third-order valence-electron chi connectivity index (χ3n) is 13.2. The zero-order valence-electron chi connectivity index (χ0n) is 33.5. The largest absolute Gasteiger partial charge is 0.489 e. The number of ether oxygens (including phenoxy) is 1. The van der Waals surface area contributed by atoms with Crippen LogP contribution in [0.25, 0.3) is 0 Å². The number of rotatable bonds is 8. The number of amides is 5. The molecular formula is C45H50N6O6. The van der Waals surface area contributed by atoms with Crippen LogP contribution in [0.3, 0.4) is 0 Å². The van der Waals surface area contributed by atoms with Gasteiger partial charge in [-0.1, -0.05) is 27.7 Å². The van der Waals surface area contributed by atoms with Crippen molar-refractivity contribution in [2.45, 2.75) is 98.5 Å². The predicted molar refractivity (Wildman–Crippen MR) is 212 cm³/mol. The second kappa shape index (κ2) is 14.1. The van der Waals surface area contributed by atoms with Crippen LogP contribution in [0.5, 0.6) is 5.75 Å². The molecule has 12 nitrogen and oxygen atoms in total. The molecule has 296 valence electrons. The number of benzene rings is 3. The molecule has 1 saturated carbocycles. The van der Waals surface area contributed by atoms with E-state index in [0.29, 0.717) is 41.3 Å². The van der Waals surface area contributed by atoms with Crippen molar-refractivity contribution in [2.24, 2.45) is 16.7 Å². The number of nitrogens with zero attached hydrogens (tertiary/aromatic N) is 4. The number of hydrogen-bond donors (Lipinski definition) is 2. The molecule has 3 fully saturated rings. The zero-order valence-corrected chi connectivity index (χ0v) is 33.5. The Kier molecular flexibility index (Phi) is 9.51. The molecular weight excluding hydrogens is 721 g/mol. The second-order valence-electron chi connectivity index (χ2n) is 17.8. The summed E-state index contributed by atoms with van der Waals surface area (Å²) < 4.78 is 6.48.